The summed E-state index contributed by atoms with van der Waals surface area (Å²) in [5.74, 6) is 1.74. The molecule has 0 unspecified atom stereocenters. The largest absolute Gasteiger partial charge is 0.495 e. The van der Waals surface area contributed by atoms with E-state index < -0.39 is 0 Å². The van der Waals surface area contributed by atoms with Gasteiger partial charge in [0.25, 0.3) is 0 Å². The SMILES string of the molecule is CCc1ccc(CC(=O)N2CCN(c3nc4c(OC)ccc(OC)c4s3)CC2)cc1. The molecule has 2 aromatic carbocycles. The highest BCUT2D eigenvalue weighted by molar-refractivity contribution is 7.22. The lowest BCUT2D eigenvalue weighted by molar-refractivity contribution is -0.130. The van der Waals surface area contributed by atoms with Crippen LogP contribution >= 0.6 is 11.3 Å². The Bertz CT molecular complexity index is 983. The van der Waals surface area contributed by atoms with Crippen molar-refractivity contribution < 1.29 is 14.3 Å². The molecule has 0 spiro atoms. The molecular formula is C23H27N3O3S. The highest BCUT2D eigenvalue weighted by Crippen LogP contribution is 2.40. The van der Waals surface area contributed by atoms with Crippen molar-refractivity contribution in [1.82, 2.24) is 9.88 Å². The van der Waals surface area contributed by atoms with Crippen LogP contribution in [0.5, 0.6) is 11.5 Å². The maximum Gasteiger partial charge on any atom is 0.227 e. The van der Waals surface area contributed by atoms with Crippen LogP contribution in [0.3, 0.4) is 0 Å². The van der Waals surface area contributed by atoms with E-state index in [1.807, 2.05) is 17.0 Å². The predicted molar refractivity (Wildman–Crippen MR) is 121 cm³/mol. The first kappa shape index (κ1) is 20.5. The molecule has 4 rings (SSSR count). The zero-order chi connectivity index (χ0) is 21.1. The molecule has 1 aliphatic heterocycles. The first-order valence-corrected chi connectivity index (χ1v) is 11.1. The Balaban J connectivity index is 1.42. The van der Waals surface area contributed by atoms with Crippen LogP contribution < -0.4 is 14.4 Å². The van der Waals surface area contributed by atoms with Gasteiger partial charge in [0, 0.05) is 26.2 Å². The van der Waals surface area contributed by atoms with E-state index in [9.17, 15) is 4.79 Å². The second-order valence-electron chi connectivity index (χ2n) is 7.36. The average Bonchev–Trinajstić information content (AvgIpc) is 3.24. The third-order valence-corrected chi connectivity index (χ3v) is 6.72. The Morgan fingerprint density at radius 1 is 0.967 bits per heavy atom. The molecule has 30 heavy (non-hydrogen) atoms. The van der Waals surface area contributed by atoms with Crippen LogP contribution in [0.2, 0.25) is 0 Å². The second kappa shape index (κ2) is 8.92. The molecule has 0 N–H and O–H groups in total. The number of piperazine rings is 1. The molecule has 2 heterocycles. The summed E-state index contributed by atoms with van der Waals surface area (Å²) in [4.78, 5) is 21.7. The van der Waals surface area contributed by atoms with Crippen LogP contribution in [-0.2, 0) is 17.6 Å². The number of rotatable bonds is 6. The molecule has 7 heteroatoms. The molecule has 0 bridgehead atoms. The monoisotopic (exact) mass is 425 g/mol. The molecule has 6 nitrogen and oxygen atoms in total. The summed E-state index contributed by atoms with van der Waals surface area (Å²) < 4.78 is 11.9. The lowest BCUT2D eigenvalue weighted by atomic mass is 10.1. The van der Waals surface area contributed by atoms with Gasteiger partial charge in [0.05, 0.1) is 20.6 Å². The van der Waals surface area contributed by atoms with Crippen molar-refractivity contribution in [3.05, 3.63) is 47.5 Å². The zero-order valence-corrected chi connectivity index (χ0v) is 18.5. The molecule has 1 aliphatic rings. The number of anilines is 1. The van der Waals surface area contributed by atoms with E-state index in [1.54, 1.807) is 25.6 Å². The fourth-order valence-electron chi connectivity index (χ4n) is 3.74. The molecule has 0 aliphatic carbocycles. The number of nitrogens with zero attached hydrogens (tertiary/aromatic N) is 3. The molecule has 0 atom stereocenters. The summed E-state index contributed by atoms with van der Waals surface area (Å²) in [6, 6.07) is 12.1. The number of benzene rings is 2. The van der Waals surface area contributed by atoms with E-state index in [4.69, 9.17) is 14.5 Å². The van der Waals surface area contributed by atoms with Gasteiger partial charge in [-0.15, -0.1) is 0 Å². The number of carbonyl (C=O) groups excluding carboxylic acids is 1. The maximum absolute atomic E-state index is 12.7. The van der Waals surface area contributed by atoms with Crippen molar-refractivity contribution in [1.29, 1.82) is 0 Å². The number of methoxy groups -OCH3 is 2. The van der Waals surface area contributed by atoms with Gasteiger partial charge < -0.3 is 19.3 Å². The number of aryl methyl sites for hydroxylation is 1. The average molecular weight is 426 g/mol. The first-order chi connectivity index (χ1) is 14.6. The highest BCUT2D eigenvalue weighted by atomic mass is 32.1. The third-order valence-electron chi connectivity index (χ3n) is 5.59. The van der Waals surface area contributed by atoms with Gasteiger partial charge in [0.1, 0.15) is 21.7 Å². The van der Waals surface area contributed by atoms with Gasteiger partial charge in [-0.05, 0) is 29.7 Å². The van der Waals surface area contributed by atoms with Gasteiger partial charge >= 0.3 is 0 Å². The molecule has 158 valence electrons. The normalized spacial score (nSPS) is 14.2. The van der Waals surface area contributed by atoms with Crippen LogP contribution in [-0.4, -0.2) is 56.2 Å². The fourth-order valence-corrected chi connectivity index (χ4v) is 4.86. The minimum absolute atomic E-state index is 0.187. The van der Waals surface area contributed by atoms with E-state index in [-0.39, 0.29) is 5.91 Å². The van der Waals surface area contributed by atoms with Crippen molar-refractivity contribution in [2.45, 2.75) is 19.8 Å². The van der Waals surface area contributed by atoms with E-state index >= 15 is 0 Å². The van der Waals surface area contributed by atoms with Crippen molar-refractivity contribution in [2.24, 2.45) is 0 Å². The topological polar surface area (TPSA) is 54.9 Å². The van der Waals surface area contributed by atoms with Gasteiger partial charge in [-0.1, -0.05) is 42.5 Å². The number of carbonyl (C=O) groups is 1. The fraction of sp³-hybridized carbons (Fsp3) is 0.391. The van der Waals surface area contributed by atoms with Crippen molar-refractivity contribution in [3.8, 4) is 11.5 Å². The van der Waals surface area contributed by atoms with Crippen molar-refractivity contribution in [2.75, 3.05) is 45.3 Å². The molecule has 1 aromatic heterocycles. The number of hydrogen-bond donors (Lipinski definition) is 0. The Kier molecular flexibility index (Phi) is 6.08. The maximum atomic E-state index is 12.7. The predicted octanol–water partition coefficient (Wildman–Crippen LogP) is 3.77. The summed E-state index contributed by atoms with van der Waals surface area (Å²) >= 11 is 1.61. The Morgan fingerprint density at radius 3 is 2.23 bits per heavy atom. The Hall–Kier alpha value is -2.80. The van der Waals surface area contributed by atoms with E-state index in [0.29, 0.717) is 19.5 Å². The first-order valence-electron chi connectivity index (χ1n) is 10.2. The number of fused-ring (bicyclic) bond motifs is 1. The van der Waals surface area contributed by atoms with Gasteiger partial charge in [-0.2, -0.15) is 0 Å². The van der Waals surface area contributed by atoms with Crippen LogP contribution in [0.15, 0.2) is 36.4 Å². The van der Waals surface area contributed by atoms with Gasteiger partial charge in [0.15, 0.2) is 5.13 Å². The molecule has 0 radical (unpaired) electrons. The number of aromatic nitrogens is 1. The smallest absolute Gasteiger partial charge is 0.227 e. The quantitative estimate of drug-likeness (QED) is 0.602. The highest BCUT2D eigenvalue weighted by Gasteiger charge is 2.24. The van der Waals surface area contributed by atoms with Crippen LogP contribution in [0, 0.1) is 0 Å². The number of thiazole rings is 1. The number of hydrogen-bond acceptors (Lipinski definition) is 6. The summed E-state index contributed by atoms with van der Waals surface area (Å²) in [5, 5.41) is 0.940. The standard InChI is InChI=1S/C23H27N3O3S/c1-4-16-5-7-17(8-6-16)15-20(27)25-11-13-26(14-12-25)23-24-21-18(28-2)9-10-19(29-3)22(21)30-23/h5-10H,4,11-15H2,1-3H3. The van der Waals surface area contributed by atoms with Crippen molar-refractivity contribution in [3.63, 3.8) is 0 Å². The third kappa shape index (κ3) is 4.07. The number of amides is 1. The number of ether oxygens (including phenoxy) is 2. The minimum atomic E-state index is 0.187. The summed E-state index contributed by atoms with van der Waals surface area (Å²) in [7, 11) is 3.32. The van der Waals surface area contributed by atoms with E-state index in [1.165, 1.54) is 5.56 Å². The molecule has 1 fully saturated rings. The van der Waals surface area contributed by atoms with Gasteiger partial charge in [-0.25, -0.2) is 4.98 Å². The molecule has 1 amide bonds. The summed E-state index contributed by atoms with van der Waals surface area (Å²) in [6.07, 6.45) is 1.47. The van der Waals surface area contributed by atoms with Crippen LogP contribution in [0.25, 0.3) is 10.2 Å². The Morgan fingerprint density at radius 2 is 1.60 bits per heavy atom. The lowest BCUT2D eigenvalue weighted by Crippen LogP contribution is -2.49. The Labute approximate surface area is 181 Å². The van der Waals surface area contributed by atoms with Crippen molar-refractivity contribution >= 4 is 32.6 Å². The molecule has 0 saturated carbocycles. The molecular weight excluding hydrogens is 398 g/mol. The second-order valence-corrected chi connectivity index (χ2v) is 8.34. The van der Waals surface area contributed by atoms with E-state index in [0.717, 1.165) is 51.9 Å². The molecule has 1 saturated heterocycles. The summed E-state index contributed by atoms with van der Waals surface area (Å²) in [5.41, 5.74) is 3.19. The van der Waals surface area contributed by atoms with Gasteiger partial charge in [-0.3, -0.25) is 4.79 Å². The van der Waals surface area contributed by atoms with Gasteiger partial charge in [0.2, 0.25) is 5.91 Å². The summed E-state index contributed by atoms with van der Waals surface area (Å²) in [6.45, 7) is 5.08. The van der Waals surface area contributed by atoms with Crippen LogP contribution in [0.4, 0.5) is 5.13 Å². The zero-order valence-electron chi connectivity index (χ0n) is 17.7. The lowest BCUT2D eigenvalue weighted by Gasteiger charge is -2.34. The molecule has 3 aromatic rings. The van der Waals surface area contributed by atoms with Crippen LogP contribution in [0.1, 0.15) is 18.1 Å². The van der Waals surface area contributed by atoms with E-state index in [2.05, 4.69) is 36.1 Å². The minimum Gasteiger partial charge on any atom is -0.495 e.